The van der Waals surface area contributed by atoms with Crippen molar-refractivity contribution in [2.45, 2.75) is 25.3 Å². The van der Waals surface area contributed by atoms with Crippen LogP contribution < -0.4 is 5.32 Å². The lowest BCUT2D eigenvalue weighted by atomic mass is 10.0. The molecule has 1 saturated heterocycles. The molecule has 1 fully saturated rings. The van der Waals surface area contributed by atoms with Crippen LogP contribution in [0.25, 0.3) is 0 Å². The van der Waals surface area contributed by atoms with Crippen LogP contribution in [0.1, 0.15) is 29.2 Å². The number of aryl methyl sites for hydroxylation is 2. The molecule has 0 bridgehead atoms. The van der Waals surface area contributed by atoms with Gasteiger partial charge in [-0.3, -0.25) is 4.79 Å². The van der Waals surface area contributed by atoms with Gasteiger partial charge in [0, 0.05) is 6.54 Å². The second-order valence-electron chi connectivity index (χ2n) is 5.16. The van der Waals surface area contributed by atoms with Crippen LogP contribution in [0.3, 0.4) is 0 Å². The lowest BCUT2D eigenvalue weighted by Crippen LogP contribution is -2.32. The Labute approximate surface area is 111 Å². The van der Waals surface area contributed by atoms with Gasteiger partial charge >= 0.3 is 12.0 Å². The number of carboxylic acids is 1. The average Bonchev–Trinajstić information content (AvgIpc) is 2.95. The van der Waals surface area contributed by atoms with Gasteiger partial charge in [0.05, 0.1) is 6.04 Å². The summed E-state index contributed by atoms with van der Waals surface area (Å²) >= 11 is 0. The highest BCUT2D eigenvalue weighted by molar-refractivity contribution is 5.82. The van der Waals surface area contributed by atoms with E-state index in [1.807, 2.05) is 6.07 Å². The number of aliphatic carboxylic acids is 1. The lowest BCUT2D eigenvalue weighted by molar-refractivity contribution is -0.137. The van der Waals surface area contributed by atoms with E-state index in [2.05, 4.69) is 17.4 Å². The number of rotatable bonds is 3. The lowest BCUT2D eigenvalue weighted by Gasteiger charge is -2.13. The molecule has 1 heterocycles. The van der Waals surface area contributed by atoms with Crippen LogP contribution in [0.15, 0.2) is 18.2 Å². The molecule has 2 N–H and O–H groups in total. The minimum Gasteiger partial charge on any atom is -0.480 e. The maximum atomic E-state index is 11.7. The minimum absolute atomic E-state index is 0.0993. The van der Waals surface area contributed by atoms with Crippen molar-refractivity contribution in [1.82, 2.24) is 10.2 Å². The van der Waals surface area contributed by atoms with Crippen molar-refractivity contribution in [3.05, 3.63) is 34.9 Å². The molecule has 3 rings (SSSR count). The first-order valence-corrected chi connectivity index (χ1v) is 6.52. The first kappa shape index (κ1) is 12.0. The van der Waals surface area contributed by atoms with Gasteiger partial charge in [-0.2, -0.15) is 0 Å². The third-order valence-electron chi connectivity index (χ3n) is 3.84. The second kappa shape index (κ2) is 4.57. The molecule has 1 unspecified atom stereocenters. The van der Waals surface area contributed by atoms with E-state index in [0.29, 0.717) is 6.54 Å². The summed E-state index contributed by atoms with van der Waals surface area (Å²) in [6.07, 6.45) is 3.43. The maximum Gasteiger partial charge on any atom is 0.323 e. The predicted molar refractivity (Wildman–Crippen MR) is 68.9 cm³/mol. The first-order valence-electron chi connectivity index (χ1n) is 6.52. The van der Waals surface area contributed by atoms with Gasteiger partial charge in [-0.05, 0) is 36.0 Å². The van der Waals surface area contributed by atoms with E-state index in [4.69, 9.17) is 5.11 Å². The minimum atomic E-state index is -0.982. The number of nitrogens with one attached hydrogen (secondary N) is 1. The van der Waals surface area contributed by atoms with Crippen molar-refractivity contribution in [1.29, 1.82) is 0 Å². The predicted octanol–water partition coefficient (Wildman–Crippen LogP) is 1.33. The van der Waals surface area contributed by atoms with Gasteiger partial charge in [-0.25, -0.2) is 4.79 Å². The van der Waals surface area contributed by atoms with Crippen LogP contribution in [0.5, 0.6) is 0 Å². The highest BCUT2D eigenvalue weighted by atomic mass is 16.4. The van der Waals surface area contributed by atoms with Crippen LogP contribution in [-0.4, -0.2) is 35.1 Å². The summed E-state index contributed by atoms with van der Waals surface area (Å²) in [5, 5.41) is 11.6. The molecule has 1 aromatic rings. The zero-order chi connectivity index (χ0) is 13.4. The molecule has 100 valence electrons. The van der Waals surface area contributed by atoms with Crippen LogP contribution in [0.4, 0.5) is 4.79 Å². The zero-order valence-corrected chi connectivity index (χ0v) is 10.6. The zero-order valence-electron chi connectivity index (χ0n) is 10.6. The van der Waals surface area contributed by atoms with Crippen molar-refractivity contribution in [2.75, 3.05) is 13.1 Å². The molecule has 0 saturated carbocycles. The normalized spacial score (nSPS) is 21.4. The molecule has 0 spiro atoms. The summed E-state index contributed by atoms with van der Waals surface area (Å²) < 4.78 is 0. The molecule has 19 heavy (non-hydrogen) atoms. The van der Waals surface area contributed by atoms with E-state index in [0.717, 1.165) is 18.4 Å². The number of carboxylic acid groups (broad SMARTS) is 1. The summed E-state index contributed by atoms with van der Waals surface area (Å²) in [6, 6.07) is 5.92. The molecule has 2 aliphatic rings. The van der Waals surface area contributed by atoms with Crippen molar-refractivity contribution in [3.63, 3.8) is 0 Å². The quantitative estimate of drug-likeness (QED) is 0.861. The number of benzene rings is 1. The Morgan fingerprint density at radius 1 is 1.37 bits per heavy atom. The van der Waals surface area contributed by atoms with Gasteiger partial charge in [0.25, 0.3) is 0 Å². The van der Waals surface area contributed by atoms with Crippen molar-refractivity contribution in [2.24, 2.45) is 0 Å². The van der Waals surface area contributed by atoms with Gasteiger partial charge in [0.1, 0.15) is 6.54 Å². The van der Waals surface area contributed by atoms with Crippen molar-refractivity contribution >= 4 is 12.0 Å². The third-order valence-corrected chi connectivity index (χ3v) is 3.84. The van der Waals surface area contributed by atoms with E-state index in [-0.39, 0.29) is 18.6 Å². The molecule has 1 aliphatic heterocycles. The molecule has 2 amide bonds. The molecule has 1 aromatic carbocycles. The molecule has 1 aliphatic carbocycles. The summed E-state index contributed by atoms with van der Waals surface area (Å²) in [7, 11) is 0. The van der Waals surface area contributed by atoms with Gasteiger partial charge in [0.15, 0.2) is 0 Å². The topological polar surface area (TPSA) is 69.6 Å². The van der Waals surface area contributed by atoms with Crippen LogP contribution in [0, 0.1) is 0 Å². The van der Waals surface area contributed by atoms with Crippen LogP contribution in [-0.2, 0) is 17.6 Å². The summed E-state index contributed by atoms with van der Waals surface area (Å²) in [5.41, 5.74) is 3.83. The van der Waals surface area contributed by atoms with E-state index in [1.54, 1.807) is 0 Å². The van der Waals surface area contributed by atoms with E-state index in [9.17, 15) is 9.59 Å². The maximum absolute atomic E-state index is 11.7. The largest absolute Gasteiger partial charge is 0.480 e. The standard InChI is InChI=1S/C14H16N2O3/c17-13(18)8-16-7-12(15-14(16)19)11-5-4-9-2-1-3-10(9)6-11/h4-6,12H,1-3,7-8H2,(H,15,19)(H,17,18). The fraction of sp³-hybridized carbons (Fsp3) is 0.429. The Bertz CT molecular complexity index is 541. The Balaban J connectivity index is 1.77. The monoisotopic (exact) mass is 260 g/mol. The number of urea groups is 1. The van der Waals surface area contributed by atoms with Crippen molar-refractivity contribution < 1.29 is 14.7 Å². The number of carbonyl (C=O) groups is 2. The molecule has 5 nitrogen and oxygen atoms in total. The Morgan fingerprint density at radius 3 is 2.95 bits per heavy atom. The van der Waals surface area contributed by atoms with Gasteiger partial charge in [0.2, 0.25) is 0 Å². The number of nitrogens with zero attached hydrogens (tertiary/aromatic N) is 1. The van der Waals surface area contributed by atoms with Crippen LogP contribution >= 0.6 is 0 Å². The third kappa shape index (κ3) is 2.28. The van der Waals surface area contributed by atoms with Crippen molar-refractivity contribution in [3.8, 4) is 0 Å². The number of carbonyl (C=O) groups excluding carboxylic acids is 1. The molecule has 5 heteroatoms. The fourth-order valence-corrected chi connectivity index (χ4v) is 2.89. The summed E-state index contributed by atoms with van der Waals surface area (Å²) in [5.74, 6) is -0.982. The number of hydrogen-bond donors (Lipinski definition) is 2. The molecule has 0 aromatic heterocycles. The molecule has 0 radical (unpaired) electrons. The van der Waals surface area contributed by atoms with Crippen LogP contribution in [0.2, 0.25) is 0 Å². The smallest absolute Gasteiger partial charge is 0.323 e. The van der Waals surface area contributed by atoms with Gasteiger partial charge in [-0.15, -0.1) is 0 Å². The van der Waals surface area contributed by atoms with E-state index < -0.39 is 5.97 Å². The fourth-order valence-electron chi connectivity index (χ4n) is 2.89. The Hall–Kier alpha value is -2.04. The SMILES string of the molecule is O=C(O)CN1CC(c2ccc3c(c2)CCC3)NC1=O. The van der Waals surface area contributed by atoms with Gasteiger partial charge in [-0.1, -0.05) is 18.2 Å². The average molecular weight is 260 g/mol. The molecular weight excluding hydrogens is 244 g/mol. The van der Waals surface area contributed by atoms with Gasteiger partial charge < -0.3 is 15.3 Å². The first-order chi connectivity index (χ1) is 9.13. The Kier molecular flexibility index (Phi) is 2.89. The second-order valence-corrected chi connectivity index (χ2v) is 5.16. The number of amides is 2. The summed E-state index contributed by atoms with van der Waals surface area (Å²) in [6.45, 7) is 0.178. The Morgan fingerprint density at radius 2 is 2.16 bits per heavy atom. The molecular formula is C14H16N2O3. The highest BCUT2D eigenvalue weighted by Gasteiger charge is 2.31. The number of fused-ring (bicyclic) bond motifs is 1. The van der Waals surface area contributed by atoms with E-state index >= 15 is 0 Å². The highest BCUT2D eigenvalue weighted by Crippen LogP contribution is 2.27. The molecule has 1 atom stereocenters. The number of hydrogen-bond acceptors (Lipinski definition) is 2. The van der Waals surface area contributed by atoms with E-state index in [1.165, 1.54) is 22.4 Å². The summed E-state index contributed by atoms with van der Waals surface area (Å²) in [4.78, 5) is 23.7.